The van der Waals surface area contributed by atoms with Gasteiger partial charge in [0.1, 0.15) is 13.2 Å². The van der Waals surface area contributed by atoms with E-state index in [0.29, 0.717) is 17.4 Å². The average molecular weight is 977 g/mol. The second kappa shape index (κ2) is 49.6. The Balaban J connectivity index is 4.06. The molecule has 0 radical (unpaired) electrons. The number of aliphatic hydroxyl groups is 1. The van der Waals surface area contributed by atoms with Crippen LogP contribution in [0.3, 0.4) is 0 Å². The Morgan fingerprint density at radius 2 is 0.855 bits per heavy atom. The summed E-state index contributed by atoms with van der Waals surface area (Å²) in [6, 6.07) is -0.917. The normalized spacial score (nSPS) is 15.1. The molecule has 0 saturated carbocycles. The van der Waals surface area contributed by atoms with E-state index >= 15 is 0 Å². The van der Waals surface area contributed by atoms with E-state index in [1.165, 1.54) is 64.2 Å². The van der Waals surface area contributed by atoms with E-state index in [-0.39, 0.29) is 12.5 Å². The van der Waals surface area contributed by atoms with E-state index in [9.17, 15) is 19.4 Å². The first kappa shape index (κ1) is 65.6. The van der Waals surface area contributed by atoms with E-state index in [0.717, 1.165) is 103 Å². The number of quaternary nitrogens is 1. The number of hydrogen-bond donors (Lipinski definition) is 2. The van der Waals surface area contributed by atoms with Gasteiger partial charge in [-0.2, -0.15) is 0 Å². The van der Waals surface area contributed by atoms with E-state index in [1.54, 1.807) is 6.08 Å². The van der Waals surface area contributed by atoms with Crippen molar-refractivity contribution in [2.75, 3.05) is 40.9 Å². The Kier molecular flexibility index (Phi) is 47.2. The minimum Gasteiger partial charge on any atom is -0.756 e. The molecule has 0 aromatic rings. The number of aliphatic hydroxyl groups excluding tert-OH is 1. The number of nitrogens with one attached hydrogen (secondary N) is 1. The summed E-state index contributed by atoms with van der Waals surface area (Å²) >= 11 is 0. The maximum absolute atomic E-state index is 12.9. The first-order valence-electron chi connectivity index (χ1n) is 27.0. The summed E-state index contributed by atoms with van der Waals surface area (Å²) in [4.78, 5) is 25.3. The molecule has 0 aromatic carbocycles. The Morgan fingerprint density at radius 1 is 0.507 bits per heavy atom. The molecule has 3 unspecified atom stereocenters. The minimum atomic E-state index is -4.61. The maximum Gasteiger partial charge on any atom is 0.268 e. The summed E-state index contributed by atoms with van der Waals surface area (Å²) in [6.07, 6.45) is 75.5. The summed E-state index contributed by atoms with van der Waals surface area (Å²) < 4.78 is 23.2. The van der Waals surface area contributed by atoms with Crippen molar-refractivity contribution in [2.45, 2.75) is 199 Å². The lowest BCUT2D eigenvalue weighted by Crippen LogP contribution is -2.45. The third kappa shape index (κ3) is 52.3. The predicted molar refractivity (Wildman–Crippen MR) is 297 cm³/mol. The Bertz CT molecular complexity index is 1580. The molecule has 0 fully saturated rings. The fraction of sp³-hybridized carbons (Fsp3) is 0.617. The highest BCUT2D eigenvalue weighted by Crippen LogP contribution is 2.38. The highest BCUT2D eigenvalue weighted by Gasteiger charge is 2.23. The van der Waals surface area contributed by atoms with Crippen LogP contribution in [0.25, 0.3) is 0 Å². The van der Waals surface area contributed by atoms with Crippen LogP contribution < -0.4 is 10.2 Å². The van der Waals surface area contributed by atoms with Gasteiger partial charge in [0.05, 0.1) is 39.9 Å². The van der Waals surface area contributed by atoms with Crippen molar-refractivity contribution in [1.29, 1.82) is 0 Å². The van der Waals surface area contributed by atoms with Crippen LogP contribution in [0, 0.1) is 0 Å². The highest BCUT2D eigenvalue weighted by atomic mass is 31.2. The number of allylic oxidation sites excluding steroid dienone is 21. The van der Waals surface area contributed by atoms with Crippen molar-refractivity contribution in [2.24, 2.45) is 0 Å². The number of phosphoric ester groups is 1. The van der Waals surface area contributed by atoms with Crippen molar-refractivity contribution < 1.29 is 32.9 Å². The molecular weight excluding hydrogens is 876 g/mol. The van der Waals surface area contributed by atoms with Gasteiger partial charge in [-0.1, -0.05) is 212 Å². The van der Waals surface area contributed by atoms with E-state index in [2.05, 4.69) is 141 Å². The van der Waals surface area contributed by atoms with Crippen molar-refractivity contribution >= 4 is 13.7 Å². The van der Waals surface area contributed by atoms with Crippen molar-refractivity contribution in [3.8, 4) is 0 Å². The van der Waals surface area contributed by atoms with Crippen molar-refractivity contribution in [3.63, 3.8) is 0 Å². The molecule has 0 saturated heterocycles. The predicted octanol–water partition coefficient (Wildman–Crippen LogP) is 15.7. The Labute approximate surface area is 424 Å². The molecule has 0 heterocycles. The molecule has 1 amide bonds. The summed E-state index contributed by atoms with van der Waals surface area (Å²) in [5.41, 5.74) is 0. The zero-order valence-corrected chi connectivity index (χ0v) is 45.3. The molecule has 0 aliphatic carbocycles. The van der Waals surface area contributed by atoms with Gasteiger partial charge >= 0.3 is 0 Å². The lowest BCUT2D eigenvalue weighted by atomic mass is 10.0. The number of likely N-dealkylation sites (N-methyl/N-ethyl adjacent to an activating group) is 1. The number of nitrogens with zero attached hydrogens (tertiary/aromatic N) is 1. The monoisotopic (exact) mass is 977 g/mol. The number of hydrogen-bond acceptors (Lipinski definition) is 6. The van der Waals surface area contributed by atoms with Crippen molar-refractivity contribution in [3.05, 3.63) is 134 Å². The van der Waals surface area contributed by atoms with Crippen LogP contribution in [0.2, 0.25) is 0 Å². The lowest BCUT2D eigenvalue weighted by molar-refractivity contribution is -0.870. The first-order valence-corrected chi connectivity index (χ1v) is 28.5. The van der Waals surface area contributed by atoms with Crippen LogP contribution >= 0.6 is 7.82 Å². The molecule has 0 spiro atoms. The molecular formula is C60H101N2O6P. The first-order chi connectivity index (χ1) is 33.5. The minimum absolute atomic E-state index is 0.0159. The quantitative estimate of drug-likeness (QED) is 0.0272. The maximum atomic E-state index is 12.9. The van der Waals surface area contributed by atoms with Crippen LogP contribution in [0.15, 0.2) is 134 Å². The molecule has 0 aromatic heterocycles. The number of phosphoric acid groups is 1. The SMILES string of the molecule is CC/C=C\C/C=C\C/C=C\C/C=C\C/C=C\C/C=C\C/C=C\C/C=C\CCCCCCCCCCCCCCC(=O)NC(COP(=O)([O-])OCC[N+](C)(C)C)C(O)/C=C/CC/C=C/CC/C=C/CC. The molecule has 0 bridgehead atoms. The number of rotatable bonds is 47. The molecule has 3 atom stereocenters. The van der Waals surface area contributed by atoms with Gasteiger partial charge in [-0.05, 0) is 103 Å². The van der Waals surface area contributed by atoms with Crippen molar-refractivity contribution in [1.82, 2.24) is 5.32 Å². The third-order valence-electron chi connectivity index (χ3n) is 11.1. The topological polar surface area (TPSA) is 108 Å². The number of amides is 1. The van der Waals surface area contributed by atoms with Gasteiger partial charge in [0.25, 0.3) is 7.82 Å². The molecule has 0 rings (SSSR count). The number of unbranched alkanes of at least 4 members (excludes halogenated alkanes) is 14. The largest absolute Gasteiger partial charge is 0.756 e. The molecule has 9 heteroatoms. The zero-order chi connectivity index (χ0) is 50.6. The highest BCUT2D eigenvalue weighted by molar-refractivity contribution is 7.45. The molecule has 8 nitrogen and oxygen atoms in total. The average Bonchev–Trinajstić information content (AvgIpc) is 3.31. The van der Waals surface area contributed by atoms with Crippen LogP contribution in [0.4, 0.5) is 0 Å². The van der Waals surface area contributed by atoms with E-state index < -0.39 is 26.6 Å². The standard InChI is InChI=1S/C60H101N2O6P/c1-6-8-10-12-14-16-18-19-20-21-22-23-24-25-26-27-28-29-30-31-32-33-34-35-36-37-38-39-40-41-42-43-44-46-48-50-52-54-60(64)61-58(57-68-69(65,66)67-56-55-62(3,4)5)59(63)53-51-49-47-45-17-15-13-11-9-7-2/h8-11,14,16-17,19-20,22-23,25-26,28-29,31-32,34-35,45,51,53,58-59,63H,6-7,12-13,15,18,21,24,27,30,33,36-44,46-50,52,54-57H2,1-5H3,(H-,61,64,65,66)/b10-8-,11-9+,16-14-,20-19-,23-22-,26-25-,29-28-,32-31-,35-34-,45-17+,53-51+. The van der Waals surface area contributed by atoms with Gasteiger partial charge in [0.15, 0.2) is 0 Å². The number of carbonyl (C=O) groups is 1. The van der Waals surface area contributed by atoms with E-state index in [1.807, 2.05) is 27.2 Å². The lowest BCUT2D eigenvalue weighted by Gasteiger charge is -2.29. The van der Waals surface area contributed by atoms with Gasteiger partial charge in [-0.15, -0.1) is 0 Å². The zero-order valence-electron chi connectivity index (χ0n) is 44.5. The molecule has 2 N–H and O–H groups in total. The third-order valence-corrected chi connectivity index (χ3v) is 12.0. The Hall–Kier alpha value is -3.36. The van der Waals surface area contributed by atoms with Gasteiger partial charge in [0.2, 0.25) is 5.91 Å². The molecule has 0 aliphatic heterocycles. The second-order valence-corrected chi connectivity index (χ2v) is 20.2. The van der Waals surface area contributed by atoms with Gasteiger partial charge in [0, 0.05) is 6.42 Å². The van der Waals surface area contributed by atoms with Gasteiger partial charge in [-0.25, -0.2) is 0 Å². The van der Waals surface area contributed by atoms with Gasteiger partial charge < -0.3 is 28.8 Å². The van der Waals surface area contributed by atoms with E-state index in [4.69, 9.17) is 9.05 Å². The smallest absolute Gasteiger partial charge is 0.268 e. The fourth-order valence-corrected chi connectivity index (χ4v) is 7.63. The number of carbonyl (C=O) groups excluding carboxylic acids is 1. The van der Waals surface area contributed by atoms with Gasteiger partial charge in [-0.3, -0.25) is 9.36 Å². The summed E-state index contributed by atoms with van der Waals surface area (Å²) in [6.45, 7) is 4.35. The van der Waals surface area contributed by atoms with Crippen LogP contribution in [-0.4, -0.2) is 68.5 Å². The summed E-state index contributed by atoms with van der Waals surface area (Å²) in [7, 11) is 1.21. The fourth-order valence-electron chi connectivity index (χ4n) is 6.91. The van der Waals surface area contributed by atoms with Crippen LogP contribution in [0.1, 0.15) is 187 Å². The van der Waals surface area contributed by atoms with Crippen LogP contribution in [0.5, 0.6) is 0 Å². The Morgan fingerprint density at radius 3 is 1.29 bits per heavy atom. The summed E-state index contributed by atoms with van der Waals surface area (Å²) in [5, 5.41) is 13.7. The second-order valence-electron chi connectivity index (χ2n) is 18.8. The summed E-state index contributed by atoms with van der Waals surface area (Å²) in [5.74, 6) is -0.223. The molecule has 0 aliphatic rings. The molecule has 69 heavy (non-hydrogen) atoms. The van der Waals surface area contributed by atoms with Crippen LogP contribution in [-0.2, 0) is 18.4 Å². The molecule has 392 valence electrons.